The number of likely N-dealkylation sites (N-methyl/N-ethyl adjacent to an activating group) is 1. The number of nitrogens with one attached hydrogen (secondary N) is 1. The summed E-state index contributed by atoms with van der Waals surface area (Å²) in [6.07, 6.45) is 4.94. The third-order valence-electron chi connectivity index (χ3n) is 4.02. The summed E-state index contributed by atoms with van der Waals surface area (Å²) < 4.78 is 0. The fraction of sp³-hybridized carbons (Fsp3) is 0.923. The van der Waals surface area contributed by atoms with Crippen molar-refractivity contribution in [3.63, 3.8) is 0 Å². The lowest BCUT2D eigenvalue weighted by atomic mass is 10.2. The van der Waals surface area contributed by atoms with Crippen molar-refractivity contribution in [2.75, 3.05) is 39.3 Å². The molecule has 0 spiro atoms. The van der Waals surface area contributed by atoms with Crippen LogP contribution in [0.2, 0.25) is 0 Å². The van der Waals surface area contributed by atoms with Gasteiger partial charge in [0, 0.05) is 25.7 Å². The second kappa shape index (κ2) is 6.36. The number of carbonyl (C=O) groups excluding carboxylic acids is 1. The van der Waals surface area contributed by atoms with Gasteiger partial charge in [-0.25, -0.2) is 0 Å². The van der Waals surface area contributed by atoms with Gasteiger partial charge in [-0.1, -0.05) is 6.92 Å². The molecule has 2 heterocycles. The number of hydrogen-bond acceptors (Lipinski definition) is 3. The van der Waals surface area contributed by atoms with E-state index >= 15 is 0 Å². The van der Waals surface area contributed by atoms with E-state index in [1.54, 1.807) is 0 Å². The lowest BCUT2D eigenvalue weighted by Crippen LogP contribution is -2.42. The molecular formula is C13H25N3O. The molecule has 2 saturated heterocycles. The molecule has 0 aliphatic carbocycles. The van der Waals surface area contributed by atoms with Crippen molar-refractivity contribution in [1.82, 2.24) is 15.1 Å². The first-order valence-corrected chi connectivity index (χ1v) is 7.04. The summed E-state index contributed by atoms with van der Waals surface area (Å²) in [4.78, 5) is 16.3. The van der Waals surface area contributed by atoms with Crippen LogP contribution in [0, 0.1) is 0 Å². The van der Waals surface area contributed by atoms with Gasteiger partial charge in [0.25, 0.3) is 0 Å². The maximum atomic E-state index is 11.8. The van der Waals surface area contributed by atoms with Crippen molar-refractivity contribution in [1.29, 1.82) is 0 Å². The Balaban J connectivity index is 1.63. The Morgan fingerprint density at radius 1 is 1.24 bits per heavy atom. The first kappa shape index (κ1) is 12.8. The van der Waals surface area contributed by atoms with Gasteiger partial charge in [0.15, 0.2) is 0 Å². The molecule has 0 bridgehead atoms. The lowest BCUT2D eigenvalue weighted by molar-refractivity contribution is -0.129. The van der Waals surface area contributed by atoms with Crippen molar-refractivity contribution in [2.45, 2.75) is 38.6 Å². The van der Waals surface area contributed by atoms with Crippen LogP contribution in [0.5, 0.6) is 0 Å². The summed E-state index contributed by atoms with van der Waals surface area (Å²) in [6, 6.07) is 0.645. The number of likely N-dealkylation sites (tertiary alicyclic amines) is 2. The Bertz CT molecular complexity index is 251. The zero-order chi connectivity index (χ0) is 12.1. The van der Waals surface area contributed by atoms with Crippen LogP contribution in [-0.2, 0) is 4.79 Å². The SMILES string of the molecule is CCN1CCCC1CNCC(=O)N1CCCC1. The molecule has 0 saturated carbocycles. The van der Waals surface area contributed by atoms with E-state index in [1.165, 1.54) is 32.2 Å². The van der Waals surface area contributed by atoms with Gasteiger partial charge < -0.3 is 10.2 Å². The zero-order valence-corrected chi connectivity index (χ0v) is 11.0. The Morgan fingerprint density at radius 2 is 2.00 bits per heavy atom. The van der Waals surface area contributed by atoms with Gasteiger partial charge >= 0.3 is 0 Å². The molecule has 4 heteroatoms. The number of carbonyl (C=O) groups is 1. The van der Waals surface area contributed by atoms with Gasteiger partial charge in [-0.2, -0.15) is 0 Å². The molecule has 0 aromatic carbocycles. The second-order valence-electron chi connectivity index (χ2n) is 5.14. The number of rotatable bonds is 5. The Labute approximate surface area is 104 Å². The highest BCUT2D eigenvalue weighted by Crippen LogP contribution is 2.15. The first-order valence-electron chi connectivity index (χ1n) is 7.04. The number of hydrogen-bond donors (Lipinski definition) is 1. The Morgan fingerprint density at radius 3 is 2.71 bits per heavy atom. The highest BCUT2D eigenvalue weighted by Gasteiger charge is 2.23. The lowest BCUT2D eigenvalue weighted by Gasteiger charge is -2.23. The molecular weight excluding hydrogens is 214 g/mol. The average molecular weight is 239 g/mol. The van der Waals surface area contributed by atoms with Crippen molar-refractivity contribution >= 4 is 5.91 Å². The number of amides is 1. The Kier molecular flexibility index (Phi) is 4.80. The van der Waals surface area contributed by atoms with Gasteiger partial charge in [-0.05, 0) is 38.8 Å². The summed E-state index contributed by atoms with van der Waals surface area (Å²) >= 11 is 0. The fourth-order valence-corrected chi connectivity index (χ4v) is 2.97. The van der Waals surface area contributed by atoms with Crippen LogP contribution < -0.4 is 5.32 Å². The molecule has 2 rings (SSSR count). The normalized spacial score (nSPS) is 25.7. The van der Waals surface area contributed by atoms with E-state index in [1.807, 2.05) is 4.90 Å². The molecule has 1 atom stereocenters. The van der Waals surface area contributed by atoms with Crippen molar-refractivity contribution < 1.29 is 4.79 Å². The summed E-state index contributed by atoms with van der Waals surface area (Å²) in [5.41, 5.74) is 0. The van der Waals surface area contributed by atoms with Gasteiger partial charge in [0.1, 0.15) is 0 Å². The van der Waals surface area contributed by atoms with Crippen LogP contribution in [-0.4, -0.2) is 61.0 Å². The van der Waals surface area contributed by atoms with Crippen molar-refractivity contribution in [3.05, 3.63) is 0 Å². The average Bonchev–Trinajstić information content (AvgIpc) is 2.99. The molecule has 0 radical (unpaired) electrons. The highest BCUT2D eigenvalue weighted by molar-refractivity contribution is 5.78. The van der Waals surface area contributed by atoms with E-state index < -0.39 is 0 Å². The van der Waals surface area contributed by atoms with Crippen LogP contribution in [0.25, 0.3) is 0 Å². The van der Waals surface area contributed by atoms with Crippen LogP contribution >= 0.6 is 0 Å². The molecule has 1 unspecified atom stereocenters. The zero-order valence-electron chi connectivity index (χ0n) is 11.0. The smallest absolute Gasteiger partial charge is 0.236 e. The quantitative estimate of drug-likeness (QED) is 0.766. The standard InChI is InChI=1S/C13H25N3O/c1-2-15-9-5-6-12(15)10-14-11-13(17)16-7-3-4-8-16/h12,14H,2-11H2,1H3. The van der Waals surface area contributed by atoms with E-state index in [4.69, 9.17) is 0 Å². The topological polar surface area (TPSA) is 35.6 Å². The summed E-state index contributed by atoms with van der Waals surface area (Å²) in [6.45, 7) is 7.99. The van der Waals surface area contributed by atoms with E-state index in [0.29, 0.717) is 12.6 Å². The third kappa shape index (κ3) is 3.42. The molecule has 2 aliphatic heterocycles. The summed E-state index contributed by atoms with van der Waals surface area (Å²) in [5, 5.41) is 3.34. The summed E-state index contributed by atoms with van der Waals surface area (Å²) in [7, 11) is 0. The van der Waals surface area contributed by atoms with Crippen LogP contribution in [0.3, 0.4) is 0 Å². The van der Waals surface area contributed by atoms with E-state index in [0.717, 1.165) is 26.2 Å². The van der Waals surface area contributed by atoms with Gasteiger partial charge in [-0.3, -0.25) is 9.69 Å². The Hall–Kier alpha value is -0.610. The predicted molar refractivity (Wildman–Crippen MR) is 69.0 cm³/mol. The molecule has 4 nitrogen and oxygen atoms in total. The molecule has 0 aromatic rings. The van der Waals surface area contributed by atoms with E-state index in [9.17, 15) is 4.79 Å². The van der Waals surface area contributed by atoms with E-state index in [2.05, 4.69) is 17.1 Å². The first-order chi connectivity index (χ1) is 8.31. The predicted octanol–water partition coefficient (Wildman–Crippen LogP) is 0.683. The van der Waals surface area contributed by atoms with E-state index in [-0.39, 0.29) is 5.91 Å². The summed E-state index contributed by atoms with van der Waals surface area (Å²) in [5.74, 6) is 0.281. The maximum absolute atomic E-state index is 11.8. The molecule has 17 heavy (non-hydrogen) atoms. The van der Waals surface area contributed by atoms with Crippen molar-refractivity contribution in [3.8, 4) is 0 Å². The highest BCUT2D eigenvalue weighted by atomic mass is 16.2. The van der Waals surface area contributed by atoms with Gasteiger partial charge in [-0.15, -0.1) is 0 Å². The monoisotopic (exact) mass is 239 g/mol. The fourth-order valence-electron chi connectivity index (χ4n) is 2.97. The largest absolute Gasteiger partial charge is 0.342 e. The van der Waals surface area contributed by atoms with Crippen LogP contribution in [0.15, 0.2) is 0 Å². The van der Waals surface area contributed by atoms with Crippen LogP contribution in [0.4, 0.5) is 0 Å². The maximum Gasteiger partial charge on any atom is 0.236 e. The molecule has 1 amide bonds. The van der Waals surface area contributed by atoms with Crippen LogP contribution in [0.1, 0.15) is 32.6 Å². The molecule has 2 aliphatic rings. The minimum Gasteiger partial charge on any atom is -0.342 e. The van der Waals surface area contributed by atoms with Crippen molar-refractivity contribution in [2.24, 2.45) is 0 Å². The second-order valence-corrected chi connectivity index (χ2v) is 5.14. The van der Waals surface area contributed by atoms with Gasteiger partial charge in [0.05, 0.1) is 6.54 Å². The molecule has 2 fully saturated rings. The minimum absolute atomic E-state index is 0.281. The molecule has 98 valence electrons. The minimum atomic E-state index is 0.281. The molecule has 0 aromatic heterocycles. The number of nitrogens with zero attached hydrogens (tertiary/aromatic N) is 2. The van der Waals surface area contributed by atoms with Gasteiger partial charge in [0.2, 0.25) is 5.91 Å². The third-order valence-corrected chi connectivity index (χ3v) is 4.02. The molecule has 1 N–H and O–H groups in total.